The van der Waals surface area contributed by atoms with Crippen LogP contribution in [0.1, 0.15) is 5.56 Å². The first-order valence-electron chi connectivity index (χ1n) is 6.54. The molecule has 0 unspecified atom stereocenters. The molecule has 3 heteroatoms. The fourth-order valence-corrected chi connectivity index (χ4v) is 2.18. The quantitative estimate of drug-likeness (QED) is 0.695. The van der Waals surface area contributed by atoms with Gasteiger partial charge < -0.3 is 5.43 Å². The number of fused-ring (bicyclic) bond motifs is 1. The second-order valence-corrected chi connectivity index (χ2v) is 4.60. The molecule has 0 heterocycles. The zero-order chi connectivity index (χ0) is 13.8. The van der Waals surface area contributed by atoms with E-state index in [0.29, 0.717) is 17.5 Å². The molecule has 0 saturated carbocycles. The van der Waals surface area contributed by atoms with E-state index in [-0.39, 0.29) is 5.82 Å². The number of hydrogen-bond acceptors (Lipinski definition) is 2. The summed E-state index contributed by atoms with van der Waals surface area (Å²) in [6, 6.07) is 21.0. The van der Waals surface area contributed by atoms with Crippen LogP contribution in [-0.4, -0.2) is 0 Å². The third kappa shape index (κ3) is 2.63. The molecule has 20 heavy (non-hydrogen) atoms. The Hall–Kier alpha value is -2.39. The van der Waals surface area contributed by atoms with Crippen molar-refractivity contribution < 1.29 is 4.39 Å². The van der Waals surface area contributed by atoms with Crippen molar-refractivity contribution in [3.63, 3.8) is 0 Å². The highest BCUT2D eigenvalue weighted by Crippen LogP contribution is 2.20. The molecule has 0 aliphatic carbocycles. The monoisotopic (exact) mass is 266 g/mol. The van der Waals surface area contributed by atoms with Gasteiger partial charge in [-0.05, 0) is 17.5 Å². The van der Waals surface area contributed by atoms with E-state index < -0.39 is 0 Å². The summed E-state index contributed by atoms with van der Waals surface area (Å²) in [5.41, 5.74) is 7.68. The van der Waals surface area contributed by atoms with Gasteiger partial charge in [-0.2, -0.15) is 0 Å². The van der Waals surface area contributed by atoms with Gasteiger partial charge in [0.2, 0.25) is 0 Å². The third-order valence-electron chi connectivity index (χ3n) is 3.23. The van der Waals surface area contributed by atoms with E-state index in [9.17, 15) is 4.39 Å². The number of rotatable bonds is 4. The van der Waals surface area contributed by atoms with E-state index >= 15 is 0 Å². The fraction of sp³-hybridized carbons (Fsp3) is 0.0588. The van der Waals surface area contributed by atoms with Crippen molar-refractivity contribution in [1.82, 2.24) is 5.43 Å². The molecule has 0 bridgehead atoms. The Morgan fingerprint density at radius 2 is 1.55 bits per heavy atom. The largest absolute Gasteiger partial charge is 0.321 e. The van der Waals surface area contributed by atoms with Crippen molar-refractivity contribution in [3.05, 3.63) is 78.1 Å². The Bertz CT molecular complexity index is 711. The van der Waals surface area contributed by atoms with Crippen LogP contribution >= 0.6 is 0 Å². The lowest BCUT2D eigenvalue weighted by atomic mass is 10.1. The second-order valence-electron chi connectivity index (χ2n) is 4.60. The predicted octanol–water partition coefficient (Wildman–Crippen LogP) is 4.10. The molecule has 2 N–H and O–H groups in total. The van der Waals surface area contributed by atoms with Gasteiger partial charge in [0.15, 0.2) is 0 Å². The molecule has 0 amide bonds. The van der Waals surface area contributed by atoms with Gasteiger partial charge in [-0.15, -0.1) is 0 Å². The van der Waals surface area contributed by atoms with Gasteiger partial charge in [0, 0.05) is 23.2 Å². The van der Waals surface area contributed by atoms with Crippen LogP contribution in [0.25, 0.3) is 10.8 Å². The summed E-state index contributed by atoms with van der Waals surface area (Å²) in [6.45, 7) is 0.422. The molecule has 2 nitrogen and oxygen atoms in total. The lowest BCUT2D eigenvalue weighted by Gasteiger charge is -2.10. The summed E-state index contributed by atoms with van der Waals surface area (Å²) in [7, 11) is 0. The Labute approximate surface area is 117 Å². The fourth-order valence-electron chi connectivity index (χ4n) is 2.18. The molecular formula is C17H15FN2. The first kappa shape index (κ1) is 12.6. The van der Waals surface area contributed by atoms with Crippen LogP contribution in [0.15, 0.2) is 66.7 Å². The average Bonchev–Trinajstić information content (AvgIpc) is 2.51. The molecule has 0 aliphatic rings. The predicted molar refractivity (Wildman–Crippen MR) is 80.8 cm³/mol. The highest BCUT2D eigenvalue weighted by atomic mass is 19.1. The summed E-state index contributed by atoms with van der Waals surface area (Å²) < 4.78 is 14.3. The topological polar surface area (TPSA) is 24.1 Å². The Kier molecular flexibility index (Phi) is 3.61. The van der Waals surface area contributed by atoms with Crippen molar-refractivity contribution in [1.29, 1.82) is 0 Å². The number of nitrogens with one attached hydrogen (secondary N) is 2. The average molecular weight is 266 g/mol. The third-order valence-corrected chi connectivity index (χ3v) is 3.23. The van der Waals surface area contributed by atoms with Crippen LogP contribution in [0.5, 0.6) is 0 Å². The van der Waals surface area contributed by atoms with E-state index in [1.165, 1.54) is 0 Å². The van der Waals surface area contributed by atoms with Crippen molar-refractivity contribution >= 4 is 16.5 Å². The van der Waals surface area contributed by atoms with E-state index in [1.807, 2.05) is 60.7 Å². The van der Waals surface area contributed by atoms with Gasteiger partial charge in [0.25, 0.3) is 0 Å². The first-order chi connectivity index (χ1) is 9.84. The number of halogens is 1. The van der Waals surface area contributed by atoms with E-state index in [1.54, 1.807) is 6.07 Å². The van der Waals surface area contributed by atoms with Crippen molar-refractivity contribution in [3.8, 4) is 0 Å². The minimum Gasteiger partial charge on any atom is -0.321 e. The maximum absolute atomic E-state index is 14.3. The lowest BCUT2D eigenvalue weighted by molar-refractivity contribution is 0.611. The van der Waals surface area contributed by atoms with Crippen LogP contribution in [-0.2, 0) is 6.54 Å². The zero-order valence-electron chi connectivity index (χ0n) is 10.9. The molecule has 0 aliphatic heterocycles. The lowest BCUT2D eigenvalue weighted by Crippen LogP contribution is -2.21. The van der Waals surface area contributed by atoms with Crippen LogP contribution in [0.2, 0.25) is 0 Å². The molecule has 100 valence electrons. The van der Waals surface area contributed by atoms with Gasteiger partial charge in [0.1, 0.15) is 5.82 Å². The molecule has 0 atom stereocenters. The molecule has 0 spiro atoms. The van der Waals surface area contributed by atoms with Crippen LogP contribution < -0.4 is 10.9 Å². The minimum atomic E-state index is -0.162. The molecule has 0 saturated heterocycles. The minimum absolute atomic E-state index is 0.162. The molecule has 3 aromatic rings. The molecule has 0 fully saturated rings. The number of hydrazine groups is 1. The summed E-state index contributed by atoms with van der Waals surface area (Å²) in [5.74, 6) is -0.162. The summed E-state index contributed by atoms with van der Waals surface area (Å²) in [6.07, 6.45) is 0. The van der Waals surface area contributed by atoms with Gasteiger partial charge in [0.05, 0.1) is 0 Å². The second kappa shape index (κ2) is 5.72. The molecule has 0 aromatic heterocycles. The molecule has 0 radical (unpaired) electrons. The van der Waals surface area contributed by atoms with Crippen LogP contribution in [0.3, 0.4) is 0 Å². The van der Waals surface area contributed by atoms with Gasteiger partial charge in [-0.1, -0.05) is 54.6 Å². The smallest absolute Gasteiger partial charge is 0.135 e. The van der Waals surface area contributed by atoms with Crippen molar-refractivity contribution in [2.75, 3.05) is 5.43 Å². The molecule has 3 aromatic carbocycles. The maximum atomic E-state index is 14.3. The van der Waals surface area contributed by atoms with Gasteiger partial charge in [-0.25, -0.2) is 9.82 Å². The summed E-state index contributed by atoms with van der Waals surface area (Å²) in [5, 5.41) is 1.58. The summed E-state index contributed by atoms with van der Waals surface area (Å²) in [4.78, 5) is 0. The standard InChI is InChI=1S/C17H15FN2/c18-17-14(11-10-13-6-4-5-9-16(13)17)12-19-20-15-7-2-1-3-8-15/h1-11,19-20H,12H2. The molecular weight excluding hydrogens is 251 g/mol. The number of para-hydroxylation sites is 1. The number of hydrogen-bond donors (Lipinski definition) is 2. The maximum Gasteiger partial charge on any atom is 0.135 e. The zero-order valence-corrected chi connectivity index (χ0v) is 10.9. The highest BCUT2D eigenvalue weighted by Gasteiger charge is 2.06. The summed E-state index contributed by atoms with van der Waals surface area (Å²) >= 11 is 0. The first-order valence-corrected chi connectivity index (χ1v) is 6.54. The Morgan fingerprint density at radius 1 is 0.800 bits per heavy atom. The highest BCUT2D eigenvalue weighted by molar-refractivity contribution is 5.83. The van der Waals surface area contributed by atoms with Gasteiger partial charge in [-0.3, -0.25) is 0 Å². The van der Waals surface area contributed by atoms with Crippen LogP contribution in [0, 0.1) is 5.82 Å². The Morgan fingerprint density at radius 3 is 2.40 bits per heavy atom. The van der Waals surface area contributed by atoms with Crippen LogP contribution in [0.4, 0.5) is 10.1 Å². The van der Waals surface area contributed by atoms with Crippen molar-refractivity contribution in [2.24, 2.45) is 0 Å². The van der Waals surface area contributed by atoms with E-state index in [2.05, 4.69) is 10.9 Å². The van der Waals surface area contributed by atoms with E-state index in [0.717, 1.165) is 11.1 Å². The number of anilines is 1. The van der Waals surface area contributed by atoms with Gasteiger partial charge >= 0.3 is 0 Å². The van der Waals surface area contributed by atoms with Crippen molar-refractivity contribution in [2.45, 2.75) is 6.54 Å². The van der Waals surface area contributed by atoms with E-state index in [4.69, 9.17) is 0 Å². The SMILES string of the molecule is Fc1c(CNNc2ccccc2)ccc2ccccc12. The Balaban J connectivity index is 1.73. The normalized spacial score (nSPS) is 10.7. The number of benzene rings is 3. The molecule has 3 rings (SSSR count).